The summed E-state index contributed by atoms with van der Waals surface area (Å²) in [6, 6.07) is 1.99. The van der Waals surface area contributed by atoms with Crippen LogP contribution in [0.5, 0.6) is 0 Å². The van der Waals surface area contributed by atoms with Crippen LogP contribution in [0.15, 0.2) is 12.2 Å². The molecule has 102 valence electrons. The summed E-state index contributed by atoms with van der Waals surface area (Å²) in [7, 11) is 0.120. The minimum absolute atomic E-state index is 0. The molecule has 0 fully saturated rings. The zero-order valence-electron chi connectivity index (χ0n) is 13.3. The molecular weight excluding hydrogens is 403 g/mol. The molecule has 17 heavy (non-hydrogen) atoms. The Morgan fingerprint density at radius 1 is 1.41 bits per heavy atom. The molecule has 0 radical (unpaired) electrons. The monoisotopic (exact) mass is 430 g/mol. The van der Waals surface area contributed by atoms with Crippen molar-refractivity contribution in [2.75, 3.05) is 20.0 Å². The Labute approximate surface area is 126 Å². The minimum Gasteiger partial charge on any atom is -0.577 e. The average molecular weight is 430 g/mol. The summed E-state index contributed by atoms with van der Waals surface area (Å²) in [5, 5.41) is 8.47. The van der Waals surface area contributed by atoms with Gasteiger partial charge in [0.1, 0.15) is 0 Å². The molecule has 0 heterocycles. The number of allylic oxidation sites excluding steroid dienone is 2. The van der Waals surface area contributed by atoms with Crippen molar-refractivity contribution >= 4 is 7.92 Å². The van der Waals surface area contributed by atoms with Crippen molar-refractivity contribution in [3.05, 3.63) is 37.5 Å². The molecule has 0 saturated carbocycles. The second-order valence-corrected chi connectivity index (χ2v) is 6.25. The van der Waals surface area contributed by atoms with E-state index in [1.807, 2.05) is 12.1 Å². The molecule has 0 saturated heterocycles. The molecule has 0 N–H and O–H groups in total. The van der Waals surface area contributed by atoms with Crippen LogP contribution in [-0.2, 0) is 21.1 Å². The average Bonchev–Trinajstić information content (AvgIpc) is 2.24. The molecule has 1 aliphatic rings. The fourth-order valence-corrected chi connectivity index (χ4v) is 0.679. The van der Waals surface area contributed by atoms with Gasteiger partial charge in [0.05, 0.1) is 12.0 Å². The van der Waals surface area contributed by atoms with Crippen LogP contribution in [0.3, 0.4) is 0 Å². The van der Waals surface area contributed by atoms with Crippen molar-refractivity contribution < 1.29 is 23.8 Å². The minimum atomic E-state index is -0.546. The smallest absolute Gasteiger partial charge is 0.0697 e. The molecule has 3 atom stereocenters. The number of hydrogen-bond acceptors (Lipinski definition) is 2. The summed E-state index contributed by atoms with van der Waals surface area (Å²) in [6.07, 6.45) is 3.20. The van der Waals surface area contributed by atoms with Crippen LogP contribution in [0.25, 0.3) is 5.59 Å². The molecular formula is C12H25N2OPW-2. The standard InChI is InChI=1S/C7H9N.C3H9P.2CH3.NO.W/c8-6-7-4-2-1-3-5-7;1-4(2)3;;;1-2;/h2,4,7H,1,3,5H2;1-3H3;2*1H3;;/q;;3*-1;/p+1/t7-;;;;;/m0...../s1/i3D,5D;;;;;/t3-,5-,7-;;;;;. The fraction of sp³-hybridized carbons (Fsp3) is 0.583. The van der Waals surface area contributed by atoms with Gasteiger partial charge in [-0.2, -0.15) is 5.26 Å². The zero-order valence-corrected chi connectivity index (χ0v) is 15.2. The Kier molecular flexibility index (Phi) is 32.5. The maximum absolute atomic E-state index is 8.47. The Morgan fingerprint density at radius 3 is 2.12 bits per heavy atom. The number of nitriles is 1. The van der Waals surface area contributed by atoms with E-state index in [0.717, 1.165) is 0 Å². The fourth-order valence-electron chi connectivity index (χ4n) is 0.679. The number of hydrogen-bond donors (Lipinski definition) is 0. The second kappa shape index (κ2) is 25.0. The summed E-state index contributed by atoms with van der Waals surface area (Å²) >= 11 is 0. The third-order valence-corrected chi connectivity index (χ3v) is 1.11. The summed E-state index contributed by atoms with van der Waals surface area (Å²) in [5.74, 6) is -0.365. The van der Waals surface area contributed by atoms with E-state index in [0.29, 0.717) is 6.42 Å². The first kappa shape index (κ1) is 22.2. The molecule has 0 aromatic carbocycles. The molecule has 0 aromatic heterocycles. The normalized spacial score (nSPS) is 25.5. The van der Waals surface area contributed by atoms with Gasteiger partial charge in [-0.1, -0.05) is 12.2 Å². The van der Waals surface area contributed by atoms with E-state index in [-0.39, 0.29) is 49.8 Å². The maximum Gasteiger partial charge on any atom is 0.0697 e. The van der Waals surface area contributed by atoms with Gasteiger partial charge in [0, 0.05) is 43.8 Å². The van der Waals surface area contributed by atoms with Gasteiger partial charge in [-0.15, -0.1) is 0 Å². The molecule has 5 heteroatoms. The SMILES string of the molecule is C[PH+](C)C.[2H][C@@H]1[C@@H](C#N)C=CC[C@@H]1[2H].[CH3-].[CH3-].[N-]=O.[W]. The van der Waals surface area contributed by atoms with Crippen LogP contribution in [-0.4, -0.2) is 20.0 Å². The van der Waals surface area contributed by atoms with Crippen molar-refractivity contribution in [2.45, 2.75) is 19.2 Å². The molecule has 0 bridgehead atoms. The largest absolute Gasteiger partial charge is 0.577 e. The second-order valence-electron chi connectivity index (χ2n) is 3.25. The molecule has 0 amide bonds. The first-order chi connectivity index (χ1) is 7.49. The van der Waals surface area contributed by atoms with Crippen LogP contribution in [0.1, 0.15) is 22.0 Å². The number of nitrogens with zero attached hydrogens (tertiary/aromatic N) is 2. The van der Waals surface area contributed by atoms with Gasteiger partial charge < -0.3 is 25.4 Å². The van der Waals surface area contributed by atoms with Crippen molar-refractivity contribution in [1.82, 2.24) is 0 Å². The van der Waals surface area contributed by atoms with Crippen LogP contribution >= 0.6 is 7.92 Å². The molecule has 0 aromatic rings. The van der Waals surface area contributed by atoms with E-state index in [2.05, 4.69) is 20.0 Å². The van der Waals surface area contributed by atoms with Gasteiger partial charge in [0.15, 0.2) is 0 Å². The molecule has 0 unspecified atom stereocenters. The number of nitroso groups, excluding NO2 is 1. The Balaban J connectivity index is -0.0000000639. The van der Waals surface area contributed by atoms with Crippen LogP contribution in [0.2, 0.25) is 0 Å². The zero-order chi connectivity index (χ0) is 13.1. The van der Waals surface area contributed by atoms with E-state index in [1.54, 1.807) is 6.08 Å². The van der Waals surface area contributed by atoms with E-state index in [1.165, 1.54) is 0 Å². The van der Waals surface area contributed by atoms with E-state index < -0.39 is 12.8 Å². The molecule has 0 aliphatic heterocycles. The summed E-state index contributed by atoms with van der Waals surface area (Å²) in [6.45, 7) is 6.81. The van der Waals surface area contributed by atoms with Gasteiger partial charge in [-0.05, 0) is 27.1 Å². The van der Waals surface area contributed by atoms with E-state index >= 15 is 0 Å². The van der Waals surface area contributed by atoms with Crippen LogP contribution in [0, 0.1) is 37.0 Å². The predicted molar refractivity (Wildman–Crippen MR) is 77.7 cm³/mol. The Hall–Kier alpha value is -0.0517. The van der Waals surface area contributed by atoms with Crippen LogP contribution in [0.4, 0.5) is 0 Å². The Bertz CT molecular complexity index is 248. The molecule has 0 spiro atoms. The molecule has 1 rings (SSSR count). The van der Waals surface area contributed by atoms with E-state index in [4.69, 9.17) is 18.5 Å². The molecule has 3 nitrogen and oxygen atoms in total. The summed E-state index contributed by atoms with van der Waals surface area (Å²) in [5.41, 5.74) is 5.75. The van der Waals surface area contributed by atoms with Gasteiger partial charge in [-0.25, -0.2) is 0 Å². The summed E-state index contributed by atoms with van der Waals surface area (Å²) in [4.78, 5) is 7.25. The van der Waals surface area contributed by atoms with Gasteiger partial charge >= 0.3 is 0 Å². The summed E-state index contributed by atoms with van der Waals surface area (Å²) < 4.78 is 14.7. The van der Waals surface area contributed by atoms with Crippen LogP contribution < -0.4 is 0 Å². The third-order valence-electron chi connectivity index (χ3n) is 1.11. The Morgan fingerprint density at radius 2 is 1.82 bits per heavy atom. The van der Waals surface area contributed by atoms with Crippen molar-refractivity contribution in [2.24, 2.45) is 5.92 Å². The first-order valence-corrected chi connectivity index (χ1v) is 7.34. The molecule has 1 aliphatic carbocycles. The first-order valence-electron chi connectivity index (χ1n) is 5.50. The predicted octanol–water partition coefficient (Wildman–Crippen LogP) is 4.18. The van der Waals surface area contributed by atoms with Gasteiger partial charge in [0.2, 0.25) is 0 Å². The van der Waals surface area contributed by atoms with Crippen molar-refractivity contribution in [3.63, 3.8) is 0 Å². The topological polar surface area (TPSA) is 63.2 Å². The van der Waals surface area contributed by atoms with E-state index in [9.17, 15) is 0 Å². The van der Waals surface area contributed by atoms with Gasteiger partial charge in [0.25, 0.3) is 0 Å². The van der Waals surface area contributed by atoms with Gasteiger partial charge in [-0.3, -0.25) is 0 Å². The van der Waals surface area contributed by atoms with Crippen molar-refractivity contribution in [3.8, 4) is 6.07 Å². The third kappa shape index (κ3) is 31.4. The number of rotatable bonds is 0. The maximum atomic E-state index is 8.47. The van der Waals surface area contributed by atoms with Crippen molar-refractivity contribution in [1.29, 1.82) is 5.26 Å². The quantitative estimate of drug-likeness (QED) is 0.329.